The van der Waals surface area contributed by atoms with Crippen molar-refractivity contribution in [3.05, 3.63) is 142 Å². The Hall–Kier alpha value is -3.76. The van der Waals surface area contributed by atoms with E-state index in [2.05, 4.69) is 179 Å². The quantitative estimate of drug-likeness (QED) is 0.119. The fourth-order valence-electron chi connectivity index (χ4n) is 13.5. The Labute approximate surface area is 534 Å². The summed E-state index contributed by atoms with van der Waals surface area (Å²) in [5.41, 5.74) is 11.4. The normalized spacial score (nSPS) is 28.2. The first-order chi connectivity index (χ1) is 43.6. The molecule has 16 heteroatoms. The maximum Gasteiger partial charge on any atom is 0.0234 e. The number of nitrogens with zero attached hydrogens (tertiary/aromatic N) is 8. The molecule has 0 spiro atoms. The molecule has 0 radical (unpaired) electrons. The molecule has 26 aliphatic heterocycles. The molecule has 88 heavy (non-hydrogen) atoms. The molecule has 16 bridgehead atoms. The molecule has 8 unspecified atom stereocenters. The van der Waals surface area contributed by atoms with Gasteiger partial charge in [0.2, 0.25) is 0 Å². The molecule has 4 aromatic rings. The van der Waals surface area contributed by atoms with Gasteiger partial charge in [-0.15, -0.1) is 0 Å². The van der Waals surface area contributed by atoms with E-state index in [0.29, 0.717) is 0 Å². The predicted molar refractivity (Wildman–Crippen MR) is 368 cm³/mol. The van der Waals surface area contributed by atoms with Crippen LogP contribution in [0.4, 0.5) is 0 Å². The minimum Gasteiger partial charge on any atom is -0.315 e. The van der Waals surface area contributed by atoms with Gasteiger partial charge in [0.25, 0.3) is 0 Å². The molecule has 0 aliphatic carbocycles. The molecule has 30 rings (SSSR count). The van der Waals surface area contributed by atoms with Crippen molar-refractivity contribution in [3.63, 3.8) is 0 Å². The van der Waals surface area contributed by atoms with Crippen molar-refractivity contribution in [2.45, 2.75) is 104 Å². The van der Waals surface area contributed by atoms with Gasteiger partial charge < -0.3 is 42.5 Å². The van der Waals surface area contributed by atoms with Crippen LogP contribution in [0.15, 0.2) is 97.1 Å². The summed E-state index contributed by atoms with van der Waals surface area (Å²) in [7, 11) is 0. The zero-order valence-corrected chi connectivity index (χ0v) is 54.8. The van der Waals surface area contributed by atoms with Crippen molar-refractivity contribution >= 4 is 0 Å². The van der Waals surface area contributed by atoms with Crippen LogP contribution >= 0.6 is 0 Å². The van der Waals surface area contributed by atoms with Gasteiger partial charge >= 0.3 is 0 Å². The SMILES string of the molecule is c1cc2ccc1CN1CCCNCCN(CCCNCC1)Cc1ccc(cc1)CN1CCCNCCN(CCCNCC1)Cc1ccc(cc1)CN1CCCNCCN(CCCNCC1)Cc1ccc(cc1)CN1CCCNCCN(CCCNCC1)C2. The average molecular weight is 1210 g/mol. The zero-order chi connectivity index (χ0) is 60.1. The van der Waals surface area contributed by atoms with E-state index in [0.717, 1.165) is 313 Å². The summed E-state index contributed by atoms with van der Waals surface area (Å²) in [5, 5.41) is 30.6. The summed E-state index contributed by atoms with van der Waals surface area (Å²) < 4.78 is 0. The Bertz CT molecular complexity index is 1830. The molecule has 16 nitrogen and oxygen atoms in total. The highest BCUT2D eigenvalue weighted by molar-refractivity contribution is 5.25. The zero-order valence-electron chi connectivity index (χ0n) is 54.8. The van der Waals surface area contributed by atoms with Crippen molar-refractivity contribution < 1.29 is 0 Å². The summed E-state index contributed by atoms with van der Waals surface area (Å²) in [6, 6.07) is 38.4. The largest absolute Gasteiger partial charge is 0.315 e. The molecule has 8 atom stereocenters. The van der Waals surface area contributed by atoms with Gasteiger partial charge in [0, 0.05) is 157 Å². The number of nitrogens with one attached hydrogen (secondary N) is 8. The van der Waals surface area contributed by atoms with Crippen molar-refractivity contribution in [1.82, 2.24) is 81.7 Å². The van der Waals surface area contributed by atoms with Crippen LogP contribution in [-0.4, -0.2) is 249 Å². The third-order valence-corrected chi connectivity index (χ3v) is 18.8. The number of benzene rings is 4. The molecular weight excluding hydrogens is 1090 g/mol. The van der Waals surface area contributed by atoms with E-state index in [1.807, 2.05) is 0 Å². The number of rotatable bonds is 0. The highest BCUT2D eigenvalue weighted by Gasteiger charge is 2.17. The Morgan fingerprint density at radius 1 is 0.148 bits per heavy atom. The Morgan fingerprint density at radius 2 is 0.261 bits per heavy atom. The molecule has 488 valence electrons. The van der Waals surface area contributed by atoms with Gasteiger partial charge in [0.1, 0.15) is 0 Å². The van der Waals surface area contributed by atoms with Gasteiger partial charge in [-0.05, 0) is 201 Å². The second-order valence-corrected chi connectivity index (χ2v) is 26.3. The van der Waals surface area contributed by atoms with Crippen LogP contribution < -0.4 is 42.5 Å². The summed E-state index contributed by atoms with van der Waals surface area (Å²) in [4.78, 5) is 21.3. The topological polar surface area (TPSA) is 122 Å². The average Bonchev–Trinajstić information content (AvgIpc) is 3.71. The van der Waals surface area contributed by atoms with Crippen molar-refractivity contribution in [1.29, 1.82) is 0 Å². The monoisotopic (exact) mass is 1210 g/mol. The first-order valence-electron chi connectivity index (χ1n) is 35.4. The van der Waals surface area contributed by atoms with E-state index < -0.39 is 0 Å². The van der Waals surface area contributed by atoms with E-state index in [4.69, 9.17) is 0 Å². The van der Waals surface area contributed by atoms with Gasteiger partial charge in [0.05, 0.1) is 0 Å². The maximum absolute atomic E-state index is 3.82. The van der Waals surface area contributed by atoms with E-state index in [1.54, 1.807) is 0 Å². The van der Waals surface area contributed by atoms with Gasteiger partial charge in [-0.25, -0.2) is 0 Å². The van der Waals surface area contributed by atoms with E-state index >= 15 is 0 Å². The third-order valence-electron chi connectivity index (χ3n) is 18.8. The summed E-state index contributed by atoms with van der Waals surface area (Å²) in [5.74, 6) is 0. The maximum atomic E-state index is 3.82. The highest BCUT2D eigenvalue weighted by Crippen LogP contribution is 2.17. The van der Waals surface area contributed by atoms with Crippen molar-refractivity contribution in [3.8, 4) is 0 Å². The number of hydrogen-bond acceptors (Lipinski definition) is 16. The third kappa shape index (κ3) is 27.6. The van der Waals surface area contributed by atoms with E-state index in [-0.39, 0.29) is 0 Å². The smallest absolute Gasteiger partial charge is 0.0234 e. The van der Waals surface area contributed by atoms with Crippen LogP contribution in [0.2, 0.25) is 0 Å². The van der Waals surface area contributed by atoms with Crippen LogP contribution in [0, 0.1) is 0 Å². The summed E-state index contributed by atoms with van der Waals surface area (Å²) >= 11 is 0. The standard InChI is InChI=1S/C72H120N16/c1-25-73-33-50-82-42-2-26-74-34-49-81(41-1)57-65-9-11-66(12-10-65)59-83-43-3-27-76-37-53-85(45-4-28-75-35-51-83)61-69-17-19-70(20-18-69)63-87-47-7-31-80-40-56-88(48-8-32-79-39-55-87)64-72-23-21-71(22-24-72)62-86-46-6-30-77-36-52-84(44-5-29-78-38-54-86)60-68-15-13-67(58-82)14-16-68/h9-24,73-80H,1-8,25-64H2. The second-order valence-electron chi connectivity index (χ2n) is 26.3. The second kappa shape index (κ2) is 41.7. The lowest BCUT2D eigenvalue weighted by molar-refractivity contribution is 0.239. The minimum atomic E-state index is 1.01. The van der Waals surface area contributed by atoms with Gasteiger partial charge in [0.15, 0.2) is 0 Å². The Morgan fingerprint density at radius 3 is 0.375 bits per heavy atom. The van der Waals surface area contributed by atoms with Gasteiger partial charge in [-0.1, -0.05) is 97.1 Å². The lowest BCUT2D eigenvalue weighted by Gasteiger charge is -2.27. The van der Waals surface area contributed by atoms with E-state index in [9.17, 15) is 0 Å². The molecule has 0 amide bonds. The summed E-state index contributed by atoms with van der Waals surface area (Å²) in [6.45, 7) is 42.3. The minimum absolute atomic E-state index is 1.01. The predicted octanol–water partition coefficient (Wildman–Crippen LogP) is 5.11. The number of hydrogen-bond donors (Lipinski definition) is 8. The molecule has 0 saturated carbocycles. The van der Waals surface area contributed by atoms with Crippen LogP contribution in [0.5, 0.6) is 0 Å². The van der Waals surface area contributed by atoms with Crippen LogP contribution in [-0.2, 0) is 52.4 Å². The molecule has 8 N–H and O–H groups in total. The molecule has 4 fully saturated rings. The van der Waals surface area contributed by atoms with Crippen LogP contribution in [0.3, 0.4) is 0 Å². The highest BCUT2D eigenvalue weighted by atomic mass is 15.2. The van der Waals surface area contributed by atoms with E-state index in [1.165, 1.54) is 44.5 Å². The fourth-order valence-corrected chi connectivity index (χ4v) is 13.5. The first-order valence-corrected chi connectivity index (χ1v) is 35.4. The van der Waals surface area contributed by atoms with Crippen molar-refractivity contribution in [2.24, 2.45) is 0 Å². The molecule has 26 heterocycles. The fraction of sp³-hybridized carbons (Fsp3) is 0.667. The lowest BCUT2D eigenvalue weighted by atomic mass is 10.1. The molecule has 4 saturated heterocycles. The van der Waals surface area contributed by atoms with Crippen LogP contribution in [0.25, 0.3) is 0 Å². The molecular formula is C72H120N16. The summed E-state index contributed by atoms with van der Waals surface area (Å²) in [6.07, 6.45) is 9.32. The lowest BCUT2D eigenvalue weighted by Crippen LogP contribution is -2.38. The van der Waals surface area contributed by atoms with Crippen LogP contribution in [0.1, 0.15) is 95.9 Å². The Kier molecular flexibility index (Phi) is 32.5. The first kappa shape index (κ1) is 68.6. The molecule has 0 aromatic heterocycles. The van der Waals surface area contributed by atoms with Gasteiger partial charge in [-0.3, -0.25) is 39.2 Å². The van der Waals surface area contributed by atoms with Gasteiger partial charge in [-0.2, -0.15) is 0 Å². The van der Waals surface area contributed by atoms with Crippen molar-refractivity contribution in [2.75, 3.05) is 209 Å². The Balaban J connectivity index is 0.799. The molecule has 4 aromatic carbocycles. The molecule has 26 aliphatic rings.